The first-order chi connectivity index (χ1) is 6.79. The van der Waals surface area contributed by atoms with Crippen LogP contribution in [0, 0.1) is 13.3 Å². The minimum absolute atomic E-state index is 0.902. The summed E-state index contributed by atoms with van der Waals surface area (Å²) < 4.78 is 3.75. The fourth-order valence-corrected chi connectivity index (χ4v) is 1.54. The molecule has 0 fully saturated rings. The maximum Gasteiger partial charge on any atom is 0.235 e. The standard InChI is InChI=1S/C12H13N2/c1-13-9-5-3-7-11(13)12-8-4-6-10-14(12)2/h3-7,9-10H,1-2,8H2/q+1/b12-11-. The van der Waals surface area contributed by atoms with E-state index in [0.29, 0.717) is 0 Å². The van der Waals surface area contributed by atoms with Crippen molar-refractivity contribution in [2.24, 2.45) is 0 Å². The minimum atomic E-state index is 0.902. The summed E-state index contributed by atoms with van der Waals surface area (Å²) in [6, 6.07) is 6.02. The molecular formula is C12H13N2+. The van der Waals surface area contributed by atoms with Crippen molar-refractivity contribution >= 4 is 12.4 Å². The zero-order valence-electron chi connectivity index (χ0n) is 8.06. The highest BCUT2D eigenvalue weighted by molar-refractivity contribution is 5.40. The van der Waals surface area contributed by atoms with Crippen LogP contribution >= 0.6 is 0 Å². The van der Waals surface area contributed by atoms with Gasteiger partial charge >= 0.3 is 0 Å². The minimum Gasteiger partial charge on any atom is -0.293 e. The zero-order chi connectivity index (χ0) is 9.97. The Balaban J connectivity index is 2.71. The molecule has 1 aromatic rings. The van der Waals surface area contributed by atoms with Gasteiger partial charge in [-0.3, -0.25) is 4.58 Å². The van der Waals surface area contributed by atoms with Gasteiger partial charge in [0.05, 0.1) is 13.3 Å². The number of hydrogen-bond acceptors (Lipinski definition) is 0. The Morgan fingerprint density at radius 1 is 1.29 bits per heavy atom. The van der Waals surface area contributed by atoms with E-state index in [-0.39, 0.29) is 0 Å². The highest BCUT2D eigenvalue weighted by Crippen LogP contribution is 2.10. The van der Waals surface area contributed by atoms with Crippen LogP contribution in [-0.2, 0) is 0 Å². The molecule has 0 unspecified atom stereocenters. The second kappa shape index (κ2) is 3.50. The molecule has 0 saturated carbocycles. The molecule has 0 saturated heterocycles. The van der Waals surface area contributed by atoms with Gasteiger partial charge in [0.15, 0.2) is 11.9 Å². The number of rotatable bonds is 0. The normalized spacial score (nSPS) is 19.3. The molecule has 1 aliphatic rings. The maximum atomic E-state index is 3.94. The van der Waals surface area contributed by atoms with Gasteiger partial charge in [0.25, 0.3) is 0 Å². The van der Waals surface area contributed by atoms with Gasteiger partial charge in [-0.05, 0) is 6.42 Å². The van der Waals surface area contributed by atoms with Crippen LogP contribution in [0.25, 0.3) is 5.70 Å². The van der Waals surface area contributed by atoms with Gasteiger partial charge in [-0.2, -0.15) is 4.24 Å². The molecule has 0 amide bonds. The van der Waals surface area contributed by atoms with Gasteiger partial charge in [0.2, 0.25) is 5.35 Å². The quantitative estimate of drug-likeness (QED) is 0.412. The van der Waals surface area contributed by atoms with Crippen LogP contribution in [0.3, 0.4) is 0 Å². The average Bonchev–Trinajstić information content (AvgIpc) is 2.20. The van der Waals surface area contributed by atoms with Crippen molar-refractivity contribution in [3.05, 3.63) is 55.2 Å². The van der Waals surface area contributed by atoms with Crippen molar-refractivity contribution in [2.75, 3.05) is 0 Å². The third kappa shape index (κ3) is 1.46. The van der Waals surface area contributed by atoms with Crippen LogP contribution in [-0.4, -0.2) is 11.3 Å². The summed E-state index contributed by atoms with van der Waals surface area (Å²) in [5.74, 6) is 0. The summed E-state index contributed by atoms with van der Waals surface area (Å²) in [5, 5.41) is 1.10. The summed E-state index contributed by atoms with van der Waals surface area (Å²) in [7, 11) is 0. The monoisotopic (exact) mass is 185 g/mol. The lowest BCUT2D eigenvalue weighted by Gasteiger charge is -2.10. The Bertz CT molecular complexity index is 497. The lowest BCUT2D eigenvalue weighted by atomic mass is 10.2. The molecule has 0 atom stereocenters. The smallest absolute Gasteiger partial charge is 0.235 e. The highest BCUT2D eigenvalue weighted by atomic mass is 15.0. The average molecular weight is 185 g/mol. The van der Waals surface area contributed by atoms with E-state index in [1.54, 1.807) is 0 Å². The van der Waals surface area contributed by atoms with Gasteiger partial charge in [0, 0.05) is 12.1 Å². The van der Waals surface area contributed by atoms with E-state index in [2.05, 4.69) is 19.5 Å². The summed E-state index contributed by atoms with van der Waals surface area (Å²) in [5.41, 5.74) is 1.17. The van der Waals surface area contributed by atoms with Crippen LogP contribution in [0.4, 0.5) is 0 Å². The van der Waals surface area contributed by atoms with Crippen LogP contribution in [0.15, 0.2) is 36.5 Å². The van der Waals surface area contributed by atoms with Crippen molar-refractivity contribution in [1.82, 2.24) is 0 Å². The van der Waals surface area contributed by atoms with Gasteiger partial charge in [-0.25, -0.2) is 0 Å². The van der Waals surface area contributed by atoms with Crippen molar-refractivity contribution in [2.45, 2.75) is 6.42 Å². The van der Waals surface area contributed by atoms with Crippen molar-refractivity contribution in [3.63, 3.8) is 0 Å². The molecule has 1 aromatic heterocycles. The first kappa shape index (κ1) is 8.75. The molecule has 70 valence electrons. The topological polar surface area (TPSA) is 8.91 Å². The van der Waals surface area contributed by atoms with E-state index in [9.17, 15) is 0 Å². The Hall–Kier alpha value is -1.83. The first-order valence-corrected chi connectivity index (χ1v) is 4.56. The van der Waals surface area contributed by atoms with E-state index in [1.165, 1.54) is 5.70 Å². The Morgan fingerprint density at radius 2 is 2.14 bits per heavy atom. The molecular weight excluding hydrogens is 172 g/mol. The number of nitrogens with zero attached hydrogens (tertiary/aromatic N) is 2. The molecule has 2 heteroatoms. The number of hydrogen-bond donors (Lipinski definition) is 0. The zero-order valence-corrected chi connectivity index (χ0v) is 8.06. The van der Waals surface area contributed by atoms with Crippen LogP contribution in [0.5, 0.6) is 0 Å². The molecule has 0 aliphatic carbocycles. The predicted molar refractivity (Wildman–Crippen MR) is 55.9 cm³/mol. The molecule has 0 spiro atoms. The number of pyridine rings is 1. The summed E-state index contributed by atoms with van der Waals surface area (Å²) >= 11 is 0. The predicted octanol–water partition coefficient (Wildman–Crippen LogP) is 0.557. The van der Waals surface area contributed by atoms with Gasteiger partial charge in [-0.1, -0.05) is 12.1 Å². The summed E-state index contributed by atoms with van der Waals surface area (Å²) in [6.07, 6.45) is 6.96. The Morgan fingerprint density at radius 3 is 2.86 bits per heavy atom. The summed E-state index contributed by atoms with van der Waals surface area (Å²) in [6.45, 7) is 9.83. The fraction of sp³-hybridized carbons (Fsp3) is 0.0833. The van der Waals surface area contributed by atoms with Crippen molar-refractivity contribution in [3.8, 4) is 0 Å². The molecule has 14 heavy (non-hydrogen) atoms. The first-order valence-electron chi connectivity index (χ1n) is 4.56. The van der Waals surface area contributed by atoms with E-state index < -0.39 is 0 Å². The van der Waals surface area contributed by atoms with E-state index in [4.69, 9.17) is 0 Å². The second-order valence-corrected chi connectivity index (χ2v) is 3.25. The Kier molecular flexibility index (Phi) is 2.19. The third-order valence-corrected chi connectivity index (χ3v) is 2.30. The van der Waals surface area contributed by atoms with E-state index >= 15 is 0 Å². The molecule has 0 radical (unpaired) electrons. The van der Waals surface area contributed by atoms with Gasteiger partial charge in [-0.15, -0.1) is 6.08 Å². The molecule has 2 rings (SSSR count). The molecule has 2 nitrogen and oxygen atoms in total. The molecule has 1 aliphatic heterocycles. The van der Waals surface area contributed by atoms with Crippen molar-refractivity contribution in [1.29, 1.82) is 0 Å². The molecule has 0 N–H and O–H groups in total. The third-order valence-electron chi connectivity index (χ3n) is 2.30. The largest absolute Gasteiger partial charge is 0.293 e. The molecule has 0 bridgehead atoms. The molecule has 0 aromatic carbocycles. The lowest BCUT2D eigenvalue weighted by molar-refractivity contribution is -0.521. The lowest BCUT2D eigenvalue weighted by Crippen LogP contribution is -2.38. The second-order valence-electron chi connectivity index (χ2n) is 3.25. The van der Waals surface area contributed by atoms with Crippen LogP contribution < -0.4 is 9.59 Å². The van der Waals surface area contributed by atoms with Crippen LogP contribution in [0.2, 0.25) is 0 Å². The van der Waals surface area contributed by atoms with Gasteiger partial charge in [0.1, 0.15) is 6.72 Å². The fourth-order valence-electron chi connectivity index (χ4n) is 1.54. The number of aromatic nitrogens is 1. The summed E-state index contributed by atoms with van der Waals surface area (Å²) in [4.78, 5) is 0. The van der Waals surface area contributed by atoms with E-state index in [0.717, 1.165) is 11.8 Å². The van der Waals surface area contributed by atoms with Gasteiger partial charge < -0.3 is 0 Å². The van der Waals surface area contributed by atoms with E-state index in [1.807, 2.05) is 45.8 Å². The Labute approximate surface area is 83.5 Å². The maximum absolute atomic E-state index is 3.94. The highest BCUT2D eigenvalue weighted by Gasteiger charge is 2.10. The molecule has 2 heterocycles. The SMILES string of the molecule is C=[N+]1[CH-]C=CC/C1=c1\cccc[n+]1=C. The van der Waals surface area contributed by atoms with Crippen LogP contribution in [0.1, 0.15) is 6.42 Å². The van der Waals surface area contributed by atoms with Crippen molar-refractivity contribution < 1.29 is 8.82 Å².